The lowest BCUT2D eigenvalue weighted by atomic mass is 10.0. The van der Waals surface area contributed by atoms with E-state index in [1.165, 1.54) is 36.9 Å². The third kappa shape index (κ3) is 4.21. The highest BCUT2D eigenvalue weighted by Crippen LogP contribution is 2.29. The average molecular weight is 290 g/mol. The van der Waals surface area contributed by atoms with Gasteiger partial charge in [0.05, 0.1) is 6.61 Å². The fraction of sp³-hybridized carbons (Fsp3) is 0.667. The number of rotatable bonds is 8. The molecule has 1 atom stereocenters. The lowest BCUT2D eigenvalue weighted by Gasteiger charge is -2.31. The van der Waals surface area contributed by atoms with E-state index in [1.54, 1.807) is 0 Å². The Kier molecular flexibility index (Phi) is 6.52. The molecule has 2 N–H and O–H groups in total. The third-order valence-electron chi connectivity index (χ3n) is 4.59. The Hall–Kier alpha value is -1.06. The minimum absolute atomic E-state index is 0.229. The van der Waals surface area contributed by atoms with Crippen LogP contribution in [0.2, 0.25) is 0 Å². The van der Waals surface area contributed by atoms with Crippen LogP contribution in [0.1, 0.15) is 57.6 Å². The fourth-order valence-corrected chi connectivity index (χ4v) is 3.49. The van der Waals surface area contributed by atoms with E-state index in [9.17, 15) is 5.11 Å². The van der Waals surface area contributed by atoms with Crippen molar-refractivity contribution in [2.24, 2.45) is 0 Å². The van der Waals surface area contributed by atoms with E-state index in [-0.39, 0.29) is 6.61 Å². The maximum atomic E-state index is 9.36. The van der Waals surface area contributed by atoms with E-state index < -0.39 is 0 Å². The molecule has 1 fully saturated rings. The first-order valence-electron chi connectivity index (χ1n) is 8.51. The number of nitrogens with zero attached hydrogens (tertiary/aromatic N) is 1. The molecule has 1 unspecified atom stereocenters. The zero-order chi connectivity index (χ0) is 15.1. The molecule has 1 aliphatic rings. The van der Waals surface area contributed by atoms with Crippen LogP contribution in [-0.2, 0) is 0 Å². The van der Waals surface area contributed by atoms with Crippen LogP contribution in [0.15, 0.2) is 24.3 Å². The number of nitrogens with one attached hydrogen (secondary N) is 1. The van der Waals surface area contributed by atoms with Crippen molar-refractivity contribution in [1.29, 1.82) is 0 Å². The molecule has 0 bridgehead atoms. The van der Waals surface area contributed by atoms with Crippen LogP contribution in [0.4, 0.5) is 5.69 Å². The van der Waals surface area contributed by atoms with Gasteiger partial charge in [-0.2, -0.15) is 0 Å². The molecule has 2 rings (SSSR count). The van der Waals surface area contributed by atoms with Crippen molar-refractivity contribution in [3.05, 3.63) is 29.8 Å². The van der Waals surface area contributed by atoms with Gasteiger partial charge in [-0.1, -0.05) is 38.8 Å². The van der Waals surface area contributed by atoms with Crippen LogP contribution in [0.3, 0.4) is 0 Å². The Morgan fingerprint density at radius 1 is 1.19 bits per heavy atom. The summed E-state index contributed by atoms with van der Waals surface area (Å²) in [5.41, 5.74) is 2.62. The molecule has 0 aliphatic heterocycles. The summed E-state index contributed by atoms with van der Waals surface area (Å²) in [7, 11) is 0. The largest absolute Gasteiger partial charge is 0.395 e. The number of hydrogen-bond acceptors (Lipinski definition) is 3. The lowest BCUT2D eigenvalue weighted by molar-refractivity contribution is 0.297. The van der Waals surface area contributed by atoms with Gasteiger partial charge in [0.25, 0.3) is 0 Å². The average Bonchev–Trinajstić information content (AvgIpc) is 3.05. The maximum Gasteiger partial charge on any atom is 0.0606 e. The first-order chi connectivity index (χ1) is 10.3. The summed E-state index contributed by atoms with van der Waals surface area (Å²) in [6.45, 7) is 6.35. The smallest absolute Gasteiger partial charge is 0.0606 e. The monoisotopic (exact) mass is 290 g/mol. The Bertz CT molecular complexity index is 398. The van der Waals surface area contributed by atoms with Crippen LogP contribution >= 0.6 is 0 Å². The van der Waals surface area contributed by atoms with E-state index in [0.29, 0.717) is 12.1 Å². The molecule has 118 valence electrons. The van der Waals surface area contributed by atoms with Crippen molar-refractivity contribution >= 4 is 5.69 Å². The summed E-state index contributed by atoms with van der Waals surface area (Å²) in [5, 5.41) is 12.9. The number of anilines is 1. The quantitative estimate of drug-likeness (QED) is 0.769. The topological polar surface area (TPSA) is 35.5 Å². The molecule has 21 heavy (non-hydrogen) atoms. The number of aliphatic hydroxyl groups is 1. The zero-order valence-electron chi connectivity index (χ0n) is 13.5. The molecule has 0 spiro atoms. The van der Waals surface area contributed by atoms with Crippen LogP contribution in [0, 0.1) is 0 Å². The van der Waals surface area contributed by atoms with Gasteiger partial charge >= 0.3 is 0 Å². The van der Waals surface area contributed by atoms with Crippen molar-refractivity contribution < 1.29 is 5.11 Å². The molecular formula is C18H30N2O. The lowest BCUT2D eigenvalue weighted by Crippen LogP contribution is -2.35. The SMILES string of the molecule is CCNC(CC)c1ccc(N(CCO)C2CCCC2)cc1. The van der Waals surface area contributed by atoms with Crippen molar-refractivity contribution in [2.75, 3.05) is 24.6 Å². The molecule has 1 saturated carbocycles. The highest BCUT2D eigenvalue weighted by atomic mass is 16.3. The molecule has 3 heteroatoms. The van der Waals surface area contributed by atoms with Crippen LogP contribution in [0.5, 0.6) is 0 Å². The summed E-state index contributed by atoms with van der Waals surface area (Å²) in [6.07, 6.45) is 6.27. The van der Waals surface area contributed by atoms with Gasteiger partial charge in [-0.05, 0) is 43.5 Å². The summed E-state index contributed by atoms with van der Waals surface area (Å²) in [6, 6.07) is 9.99. The van der Waals surface area contributed by atoms with E-state index in [4.69, 9.17) is 0 Å². The van der Waals surface area contributed by atoms with Gasteiger partial charge in [0.2, 0.25) is 0 Å². The number of aliphatic hydroxyl groups excluding tert-OH is 1. The molecule has 3 nitrogen and oxygen atoms in total. The van der Waals surface area contributed by atoms with Gasteiger partial charge in [-0.15, -0.1) is 0 Å². The molecule has 0 heterocycles. The standard InChI is InChI=1S/C18H30N2O/c1-3-18(19-4-2)15-9-11-17(12-10-15)20(13-14-21)16-7-5-6-8-16/h9-12,16,18-19,21H,3-8,13-14H2,1-2H3. The molecule has 1 aliphatic carbocycles. The Morgan fingerprint density at radius 3 is 2.38 bits per heavy atom. The molecular weight excluding hydrogens is 260 g/mol. The Labute approximate surface area is 129 Å². The second-order valence-corrected chi connectivity index (χ2v) is 5.97. The van der Waals surface area contributed by atoms with E-state index in [2.05, 4.69) is 48.3 Å². The minimum Gasteiger partial charge on any atom is -0.395 e. The zero-order valence-corrected chi connectivity index (χ0v) is 13.5. The summed E-state index contributed by atoms with van der Waals surface area (Å²) in [4.78, 5) is 2.39. The van der Waals surface area contributed by atoms with E-state index in [0.717, 1.165) is 19.5 Å². The number of hydrogen-bond donors (Lipinski definition) is 2. The van der Waals surface area contributed by atoms with Gasteiger partial charge in [-0.3, -0.25) is 0 Å². The van der Waals surface area contributed by atoms with Gasteiger partial charge in [-0.25, -0.2) is 0 Å². The molecule has 0 saturated heterocycles. The highest BCUT2D eigenvalue weighted by Gasteiger charge is 2.22. The summed E-state index contributed by atoms with van der Waals surface area (Å²) in [5.74, 6) is 0. The fourth-order valence-electron chi connectivity index (χ4n) is 3.49. The summed E-state index contributed by atoms with van der Waals surface area (Å²) >= 11 is 0. The van der Waals surface area contributed by atoms with Gasteiger partial charge in [0.1, 0.15) is 0 Å². The van der Waals surface area contributed by atoms with Crippen LogP contribution in [-0.4, -0.2) is 30.8 Å². The van der Waals surface area contributed by atoms with Gasteiger partial charge in [0, 0.05) is 24.3 Å². The molecule has 1 aromatic carbocycles. The van der Waals surface area contributed by atoms with Gasteiger partial charge < -0.3 is 15.3 Å². The van der Waals surface area contributed by atoms with Crippen molar-refractivity contribution in [2.45, 2.75) is 58.0 Å². The Morgan fingerprint density at radius 2 is 1.86 bits per heavy atom. The second kappa shape index (κ2) is 8.40. The predicted octanol–water partition coefficient (Wildman–Crippen LogP) is 3.49. The van der Waals surface area contributed by atoms with Crippen molar-refractivity contribution in [3.63, 3.8) is 0 Å². The first kappa shape index (κ1) is 16.3. The summed E-state index contributed by atoms with van der Waals surface area (Å²) < 4.78 is 0. The highest BCUT2D eigenvalue weighted by molar-refractivity contribution is 5.49. The van der Waals surface area contributed by atoms with Crippen molar-refractivity contribution in [1.82, 2.24) is 5.32 Å². The first-order valence-corrected chi connectivity index (χ1v) is 8.51. The van der Waals surface area contributed by atoms with Crippen LogP contribution < -0.4 is 10.2 Å². The van der Waals surface area contributed by atoms with Crippen LogP contribution in [0.25, 0.3) is 0 Å². The van der Waals surface area contributed by atoms with Gasteiger partial charge in [0.15, 0.2) is 0 Å². The Balaban J connectivity index is 2.11. The molecule has 1 aromatic rings. The number of benzene rings is 1. The van der Waals surface area contributed by atoms with Crippen molar-refractivity contribution in [3.8, 4) is 0 Å². The molecule has 0 amide bonds. The maximum absolute atomic E-state index is 9.36. The normalized spacial score (nSPS) is 17.1. The molecule has 0 aromatic heterocycles. The third-order valence-corrected chi connectivity index (χ3v) is 4.59. The second-order valence-electron chi connectivity index (χ2n) is 5.97. The minimum atomic E-state index is 0.229. The van der Waals surface area contributed by atoms with E-state index in [1.807, 2.05) is 0 Å². The predicted molar refractivity (Wildman–Crippen MR) is 89.8 cm³/mol. The molecule has 0 radical (unpaired) electrons. The van der Waals surface area contributed by atoms with E-state index >= 15 is 0 Å².